The van der Waals surface area contributed by atoms with Gasteiger partial charge in [-0.25, -0.2) is 4.98 Å². The first kappa shape index (κ1) is 20.4. The molecule has 0 aliphatic heterocycles. The lowest BCUT2D eigenvalue weighted by molar-refractivity contribution is 0.207. The minimum atomic E-state index is 0.195. The van der Waals surface area contributed by atoms with Gasteiger partial charge >= 0.3 is 0 Å². The van der Waals surface area contributed by atoms with E-state index in [0.29, 0.717) is 24.7 Å². The normalized spacial score (nSPS) is 10.8. The number of aromatic hydroxyl groups is 1. The monoisotopic (exact) mass is 417 g/mol. The van der Waals surface area contributed by atoms with Gasteiger partial charge in [0.15, 0.2) is 0 Å². The van der Waals surface area contributed by atoms with Crippen molar-refractivity contribution in [2.24, 2.45) is 0 Å². The van der Waals surface area contributed by atoms with Crippen LogP contribution in [0.15, 0.2) is 73.1 Å². The van der Waals surface area contributed by atoms with Gasteiger partial charge in [-0.2, -0.15) is 0 Å². The van der Waals surface area contributed by atoms with Crippen LogP contribution in [0.5, 0.6) is 23.0 Å². The van der Waals surface area contributed by atoms with Crippen LogP contribution in [0, 0.1) is 0 Å². The molecule has 7 nitrogen and oxygen atoms in total. The third kappa shape index (κ3) is 4.67. The van der Waals surface area contributed by atoms with Crippen molar-refractivity contribution < 1.29 is 19.3 Å². The van der Waals surface area contributed by atoms with Crippen molar-refractivity contribution in [2.75, 3.05) is 32.3 Å². The van der Waals surface area contributed by atoms with Gasteiger partial charge in [0.2, 0.25) is 0 Å². The fourth-order valence-corrected chi connectivity index (χ4v) is 3.26. The molecule has 0 spiro atoms. The second kappa shape index (κ2) is 9.32. The molecule has 0 saturated heterocycles. The van der Waals surface area contributed by atoms with Crippen LogP contribution in [0.3, 0.4) is 0 Å². The Morgan fingerprint density at radius 1 is 0.935 bits per heavy atom. The van der Waals surface area contributed by atoms with E-state index in [2.05, 4.69) is 9.97 Å². The predicted octanol–water partition coefficient (Wildman–Crippen LogP) is 4.92. The van der Waals surface area contributed by atoms with Crippen molar-refractivity contribution in [1.29, 1.82) is 0 Å². The fourth-order valence-electron chi connectivity index (χ4n) is 3.26. The molecule has 0 saturated carbocycles. The number of hydrogen-bond donors (Lipinski definition) is 1. The summed E-state index contributed by atoms with van der Waals surface area (Å²) in [6.07, 6.45) is 3.38. The number of pyridine rings is 2. The maximum Gasteiger partial charge on any atom is 0.145 e. The van der Waals surface area contributed by atoms with Crippen LogP contribution in [0.1, 0.15) is 0 Å². The van der Waals surface area contributed by atoms with E-state index in [9.17, 15) is 5.11 Å². The minimum Gasteiger partial charge on any atom is -0.508 e. The number of benzene rings is 2. The van der Waals surface area contributed by atoms with E-state index in [1.165, 1.54) is 0 Å². The second-order valence-corrected chi connectivity index (χ2v) is 6.81. The smallest absolute Gasteiger partial charge is 0.145 e. The Balaban J connectivity index is 1.59. The van der Waals surface area contributed by atoms with Gasteiger partial charge in [-0.1, -0.05) is 6.07 Å². The highest BCUT2D eigenvalue weighted by molar-refractivity contribution is 5.86. The molecule has 4 aromatic rings. The molecule has 158 valence electrons. The molecule has 0 fully saturated rings. The van der Waals surface area contributed by atoms with Crippen LogP contribution in [-0.2, 0) is 4.74 Å². The van der Waals surface area contributed by atoms with Gasteiger partial charge in [-0.3, -0.25) is 4.98 Å². The highest BCUT2D eigenvalue weighted by atomic mass is 16.5. The van der Waals surface area contributed by atoms with Crippen LogP contribution >= 0.6 is 0 Å². The van der Waals surface area contributed by atoms with Gasteiger partial charge in [0.25, 0.3) is 0 Å². The molecule has 0 aliphatic carbocycles. The fraction of sp³-hybridized carbons (Fsp3) is 0.167. The van der Waals surface area contributed by atoms with Crippen molar-refractivity contribution in [3.8, 4) is 23.0 Å². The van der Waals surface area contributed by atoms with E-state index < -0.39 is 0 Å². The summed E-state index contributed by atoms with van der Waals surface area (Å²) in [7, 11) is 3.28. The van der Waals surface area contributed by atoms with E-state index in [-0.39, 0.29) is 5.75 Å². The van der Waals surface area contributed by atoms with Gasteiger partial charge in [0.05, 0.1) is 25.4 Å². The van der Waals surface area contributed by atoms with Crippen molar-refractivity contribution in [3.63, 3.8) is 0 Å². The first-order valence-electron chi connectivity index (χ1n) is 9.80. The number of anilines is 2. The van der Waals surface area contributed by atoms with Gasteiger partial charge in [-0.15, -0.1) is 0 Å². The topological polar surface area (TPSA) is 76.9 Å². The van der Waals surface area contributed by atoms with Crippen molar-refractivity contribution in [2.45, 2.75) is 0 Å². The summed E-state index contributed by atoms with van der Waals surface area (Å²) in [5.74, 6) is 2.95. The number of aromatic nitrogens is 2. The molecular weight excluding hydrogens is 394 g/mol. The first-order valence-corrected chi connectivity index (χ1v) is 9.80. The molecule has 2 aromatic carbocycles. The predicted molar refractivity (Wildman–Crippen MR) is 120 cm³/mol. The summed E-state index contributed by atoms with van der Waals surface area (Å²) in [5.41, 5.74) is 1.61. The summed E-state index contributed by atoms with van der Waals surface area (Å²) < 4.78 is 16.6. The molecule has 0 atom stereocenters. The third-order valence-corrected chi connectivity index (χ3v) is 4.80. The number of rotatable bonds is 8. The van der Waals surface area contributed by atoms with Gasteiger partial charge in [0.1, 0.15) is 28.8 Å². The van der Waals surface area contributed by atoms with Crippen LogP contribution in [0.2, 0.25) is 0 Å². The Kier molecular flexibility index (Phi) is 6.14. The molecule has 0 bridgehead atoms. The van der Waals surface area contributed by atoms with Crippen LogP contribution < -0.4 is 14.4 Å². The van der Waals surface area contributed by atoms with Gasteiger partial charge < -0.3 is 24.2 Å². The Morgan fingerprint density at radius 2 is 1.81 bits per heavy atom. The van der Waals surface area contributed by atoms with Gasteiger partial charge in [-0.05, 0) is 42.5 Å². The molecule has 0 amide bonds. The zero-order chi connectivity index (χ0) is 21.6. The van der Waals surface area contributed by atoms with Crippen LogP contribution in [0.4, 0.5) is 11.5 Å². The molecule has 0 radical (unpaired) electrons. The lowest BCUT2D eigenvalue weighted by atomic mass is 10.2. The number of hydrogen-bond acceptors (Lipinski definition) is 7. The molecule has 1 N–H and O–H groups in total. The molecule has 7 heteroatoms. The average Bonchev–Trinajstić information content (AvgIpc) is 2.80. The number of phenols is 1. The van der Waals surface area contributed by atoms with E-state index in [4.69, 9.17) is 14.2 Å². The molecule has 31 heavy (non-hydrogen) atoms. The summed E-state index contributed by atoms with van der Waals surface area (Å²) in [6, 6.07) is 18.3. The maximum absolute atomic E-state index is 9.85. The molecule has 4 rings (SSSR count). The zero-order valence-electron chi connectivity index (χ0n) is 17.4. The summed E-state index contributed by atoms with van der Waals surface area (Å²) in [4.78, 5) is 10.9. The first-order chi connectivity index (χ1) is 15.2. The highest BCUT2D eigenvalue weighted by Gasteiger charge is 2.12. The number of methoxy groups -OCH3 is 2. The standard InChI is InChI=1S/C24H23N3O4/c1-29-13-12-27(17-4-3-5-18(28)14-17)24-9-7-20(16-26-24)31-23-10-11-25-22-15-19(30-2)6-8-21(22)23/h3-11,14-16,28H,12-13H2,1-2H3. The molecule has 2 aromatic heterocycles. The second-order valence-electron chi connectivity index (χ2n) is 6.81. The van der Waals surface area contributed by atoms with E-state index >= 15 is 0 Å². The number of fused-ring (bicyclic) bond motifs is 1. The van der Waals surface area contributed by atoms with Crippen molar-refractivity contribution >= 4 is 22.4 Å². The Morgan fingerprint density at radius 3 is 2.55 bits per heavy atom. The lowest BCUT2D eigenvalue weighted by Crippen LogP contribution is -2.22. The number of nitrogens with zero attached hydrogens (tertiary/aromatic N) is 3. The summed E-state index contributed by atoms with van der Waals surface area (Å²) in [5, 5.41) is 10.7. The number of ether oxygens (including phenoxy) is 3. The largest absolute Gasteiger partial charge is 0.508 e. The van der Waals surface area contributed by atoms with E-state index in [0.717, 1.165) is 28.2 Å². The van der Waals surface area contributed by atoms with Crippen LogP contribution in [0.25, 0.3) is 10.9 Å². The third-order valence-electron chi connectivity index (χ3n) is 4.80. The van der Waals surface area contributed by atoms with Crippen molar-refractivity contribution in [3.05, 3.63) is 73.1 Å². The Hall–Kier alpha value is -3.84. The highest BCUT2D eigenvalue weighted by Crippen LogP contribution is 2.32. The quantitative estimate of drug-likeness (QED) is 0.436. The molecule has 0 aliphatic rings. The average molecular weight is 417 g/mol. The number of phenolic OH excluding ortho intramolecular Hbond substituents is 1. The Bertz CT molecular complexity index is 1170. The van der Waals surface area contributed by atoms with Crippen LogP contribution in [-0.4, -0.2) is 42.4 Å². The molecule has 0 unspecified atom stereocenters. The summed E-state index contributed by atoms with van der Waals surface area (Å²) in [6.45, 7) is 1.10. The van der Waals surface area contributed by atoms with E-state index in [1.54, 1.807) is 44.8 Å². The SMILES string of the molecule is COCCN(c1cccc(O)c1)c1ccc(Oc2ccnc3cc(OC)ccc23)cn1. The summed E-state index contributed by atoms with van der Waals surface area (Å²) >= 11 is 0. The molecular formula is C24H23N3O4. The minimum absolute atomic E-state index is 0.195. The lowest BCUT2D eigenvalue weighted by Gasteiger charge is -2.24. The van der Waals surface area contributed by atoms with Crippen molar-refractivity contribution in [1.82, 2.24) is 9.97 Å². The van der Waals surface area contributed by atoms with Gasteiger partial charge in [0, 0.05) is 43.1 Å². The maximum atomic E-state index is 9.85. The molecule has 2 heterocycles. The zero-order valence-corrected chi connectivity index (χ0v) is 17.4. The van der Waals surface area contributed by atoms with E-state index in [1.807, 2.05) is 47.4 Å². The Labute approximate surface area is 180 Å².